The van der Waals surface area contributed by atoms with E-state index in [1.807, 2.05) is 13.0 Å². The average Bonchev–Trinajstić information content (AvgIpc) is 2.96. The smallest absolute Gasteiger partial charge is 0.264 e. The van der Waals surface area contributed by atoms with Crippen LogP contribution < -0.4 is 19.7 Å². The molecule has 0 aliphatic carbocycles. The molecule has 1 aromatic heterocycles. The van der Waals surface area contributed by atoms with Crippen LogP contribution in [0.5, 0.6) is 5.75 Å². The van der Waals surface area contributed by atoms with Crippen LogP contribution in [0.1, 0.15) is 22.8 Å². The summed E-state index contributed by atoms with van der Waals surface area (Å²) in [6, 6.07) is 20.5. The summed E-state index contributed by atoms with van der Waals surface area (Å²) < 4.78 is 47.1. The number of halogens is 1. The van der Waals surface area contributed by atoms with Crippen LogP contribution in [0.15, 0.2) is 102 Å². The Morgan fingerprint density at radius 3 is 2.35 bits per heavy atom. The predicted octanol–water partition coefficient (Wildman–Crippen LogP) is 4.38. The lowest BCUT2D eigenvalue weighted by molar-refractivity contribution is -0.114. The normalized spacial score (nSPS) is 10.9. The number of rotatable bonds is 11. The molecule has 3 aromatic carbocycles. The first kappa shape index (κ1) is 28.2. The zero-order valence-electron chi connectivity index (χ0n) is 21.6. The highest BCUT2D eigenvalue weighted by Crippen LogP contribution is 2.26. The maximum atomic E-state index is 13.6. The molecule has 2 N–H and O–H groups in total. The van der Waals surface area contributed by atoms with Gasteiger partial charge in [-0.25, -0.2) is 12.8 Å². The number of hydrogen-bond donors (Lipinski definition) is 2. The number of aromatic nitrogens is 1. The molecule has 0 saturated carbocycles. The summed E-state index contributed by atoms with van der Waals surface area (Å²) in [5.74, 6) is -1.20. The Hall–Kier alpha value is -4.77. The zero-order valence-corrected chi connectivity index (χ0v) is 22.4. The highest BCUT2D eigenvalue weighted by molar-refractivity contribution is 7.92. The van der Waals surface area contributed by atoms with Crippen molar-refractivity contribution in [1.82, 2.24) is 10.3 Å². The molecule has 2 amide bonds. The number of amides is 2. The lowest BCUT2D eigenvalue weighted by Crippen LogP contribution is -2.38. The van der Waals surface area contributed by atoms with E-state index in [-0.39, 0.29) is 28.4 Å². The molecule has 11 heteroatoms. The number of nitrogens with one attached hydrogen (secondary N) is 2. The van der Waals surface area contributed by atoms with Crippen LogP contribution in [-0.2, 0) is 21.4 Å². The van der Waals surface area contributed by atoms with Gasteiger partial charge in [0.1, 0.15) is 18.1 Å². The second-order valence-corrected chi connectivity index (χ2v) is 10.4. The Bertz CT molecular complexity index is 1560. The van der Waals surface area contributed by atoms with Crippen molar-refractivity contribution >= 4 is 33.2 Å². The van der Waals surface area contributed by atoms with Crippen molar-refractivity contribution in [2.24, 2.45) is 0 Å². The number of pyridine rings is 1. The summed E-state index contributed by atoms with van der Waals surface area (Å²) in [7, 11) is -4.24. The molecule has 9 nitrogen and oxygen atoms in total. The minimum absolute atomic E-state index is 0.0803. The van der Waals surface area contributed by atoms with Gasteiger partial charge in [0.25, 0.3) is 15.9 Å². The summed E-state index contributed by atoms with van der Waals surface area (Å²) in [6.45, 7) is 1.82. The van der Waals surface area contributed by atoms with Gasteiger partial charge in [-0.1, -0.05) is 18.2 Å². The van der Waals surface area contributed by atoms with Crippen molar-refractivity contribution in [3.8, 4) is 5.75 Å². The molecular weight excluding hydrogens is 535 g/mol. The van der Waals surface area contributed by atoms with Crippen LogP contribution in [0.3, 0.4) is 0 Å². The van der Waals surface area contributed by atoms with Gasteiger partial charge in [-0.2, -0.15) is 0 Å². The number of anilines is 2. The fourth-order valence-corrected chi connectivity index (χ4v) is 5.24. The minimum Gasteiger partial charge on any atom is -0.494 e. The summed E-state index contributed by atoms with van der Waals surface area (Å²) >= 11 is 0. The third-order valence-corrected chi connectivity index (χ3v) is 7.53. The van der Waals surface area contributed by atoms with Gasteiger partial charge >= 0.3 is 0 Å². The molecule has 1 heterocycles. The number of benzene rings is 3. The van der Waals surface area contributed by atoms with Gasteiger partial charge in [-0.3, -0.25) is 18.9 Å². The third-order valence-electron chi connectivity index (χ3n) is 5.75. The monoisotopic (exact) mass is 562 g/mol. The second-order valence-electron chi connectivity index (χ2n) is 8.53. The molecule has 4 rings (SSSR count). The van der Waals surface area contributed by atoms with Crippen LogP contribution in [0, 0.1) is 5.82 Å². The van der Waals surface area contributed by atoms with E-state index in [1.165, 1.54) is 36.4 Å². The molecule has 0 radical (unpaired) electrons. The number of hydrogen-bond acceptors (Lipinski definition) is 6. The first-order chi connectivity index (χ1) is 19.3. The summed E-state index contributed by atoms with van der Waals surface area (Å²) in [5.41, 5.74) is 1.29. The zero-order chi connectivity index (χ0) is 28.5. The van der Waals surface area contributed by atoms with Gasteiger partial charge < -0.3 is 15.4 Å². The van der Waals surface area contributed by atoms with Crippen molar-refractivity contribution < 1.29 is 27.1 Å². The molecule has 40 heavy (non-hydrogen) atoms. The van der Waals surface area contributed by atoms with E-state index in [2.05, 4.69) is 15.6 Å². The lowest BCUT2D eigenvalue weighted by Gasteiger charge is -2.24. The highest BCUT2D eigenvalue weighted by Gasteiger charge is 2.28. The van der Waals surface area contributed by atoms with Crippen molar-refractivity contribution in [1.29, 1.82) is 0 Å². The van der Waals surface area contributed by atoms with E-state index in [0.29, 0.717) is 12.4 Å². The maximum absolute atomic E-state index is 13.6. The number of sulfonamides is 1. The Kier molecular flexibility index (Phi) is 9.07. The molecule has 0 fully saturated rings. The van der Waals surface area contributed by atoms with Gasteiger partial charge in [0.2, 0.25) is 5.91 Å². The SMILES string of the molecule is CCOc1ccc(S(=O)(=O)N(CC(=O)Nc2ccccc2C(=O)NCc2cccnc2)c2ccc(F)cc2)cc1. The fourth-order valence-electron chi connectivity index (χ4n) is 3.81. The Morgan fingerprint density at radius 1 is 0.950 bits per heavy atom. The van der Waals surface area contributed by atoms with E-state index in [0.717, 1.165) is 22.0 Å². The molecule has 0 bridgehead atoms. The fraction of sp³-hybridized carbons (Fsp3) is 0.138. The molecule has 0 aliphatic rings. The number of nitrogens with zero attached hydrogens (tertiary/aromatic N) is 2. The molecule has 0 atom stereocenters. The maximum Gasteiger partial charge on any atom is 0.264 e. The lowest BCUT2D eigenvalue weighted by atomic mass is 10.1. The van der Waals surface area contributed by atoms with Gasteiger partial charge in [-0.05, 0) is 79.2 Å². The Morgan fingerprint density at radius 2 is 1.68 bits per heavy atom. The van der Waals surface area contributed by atoms with Gasteiger partial charge in [0.15, 0.2) is 0 Å². The Balaban J connectivity index is 1.56. The molecule has 0 spiro atoms. The van der Waals surface area contributed by atoms with Crippen molar-refractivity contribution in [2.45, 2.75) is 18.4 Å². The Labute approximate surface area is 231 Å². The first-order valence-electron chi connectivity index (χ1n) is 12.3. The minimum atomic E-state index is -4.24. The molecule has 0 saturated heterocycles. The van der Waals surface area contributed by atoms with Crippen molar-refractivity contribution in [3.63, 3.8) is 0 Å². The molecule has 0 aliphatic heterocycles. The van der Waals surface area contributed by atoms with Crippen LogP contribution in [0.4, 0.5) is 15.8 Å². The molecule has 4 aromatic rings. The van der Waals surface area contributed by atoms with Gasteiger partial charge in [0.05, 0.1) is 28.4 Å². The second kappa shape index (κ2) is 12.9. The summed E-state index contributed by atoms with van der Waals surface area (Å²) in [4.78, 5) is 30.0. The summed E-state index contributed by atoms with van der Waals surface area (Å²) in [6.07, 6.45) is 3.25. The van der Waals surface area contributed by atoms with E-state index in [1.54, 1.807) is 42.7 Å². The van der Waals surface area contributed by atoms with Crippen molar-refractivity contribution in [3.05, 3.63) is 114 Å². The van der Waals surface area contributed by atoms with Crippen molar-refractivity contribution in [2.75, 3.05) is 22.8 Å². The quantitative estimate of drug-likeness (QED) is 0.280. The number of ether oxygens (including phenoxy) is 1. The van der Waals surface area contributed by atoms with Gasteiger partial charge in [0, 0.05) is 18.9 Å². The van der Waals surface area contributed by atoms with Crippen LogP contribution in [-0.4, -0.2) is 38.4 Å². The molecule has 0 unspecified atom stereocenters. The van der Waals surface area contributed by atoms with Gasteiger partial charge in [-0.15, -0.1) is 0 Å². The van der Waals surface area contributed by atoms with E-state index < -0.39 is 34.2 Å². The number of carbonyl (C=O) groups excluding carboxylic acids is 2. The standard InChI is InChI=1S/C29H27FN4O5S/c1-2-39-24-13-15-25(16-14-24)40(37,38)34(23-11-9-22(30)10-12-23)20-28(35)33-27-8-4-3-7-26(27)29(36)32-19-21-6-5-17-31-18-21/h3-18H,2,19-20H2,1H3,(H,32,36)(H,33,35). The molecular formula is C29H27FN4O5S. The summed E-state index contributed by atoms with van der Waals surface area (Å²) in [5, 5.41) is 5.42. The van der Waals surface area contributed by atoms with Crippen LogP contribution >= 0.6 is 0 Å². The van der Waals surface area contributed by atoms with E-state index >= 15 is 0 Å². The van der Waals surface area contributed by atoms with Crippen LogP contribution in [0.2, 0.25) is 0 Å². The van der Waals surface area contributed by atoms with E-state index in [9.17, 15) is 22.4 Å². The number of carbonyl (C=O) groups is 2. The van der Waals surface area contributed by atoms with E-state index in [4.69, 9.17) is 4.74 Å². The third kappa shape index (κ3) is 7.00. The predicted molar refractivity (Wildman–Crippen MR) is 149 cm³/mol. The topological polar surface area (TPSA) is 118 Å². The largest absolute Gasteiger partial charge is 0.494 e. The average molecular weight is 563 g/mol. The first-order valence-corrected chi connectivity index (χ1v) is 13.8. The molecule has 206 valence electrons. The van der Waals surface area contributed by atoms with Crippen LogP contribution in [0.25, 0.3) is 0 Å². The number of para-hydroxylation sites is 1. The highest BCUT2D eigenvalue weighted by atomic mass is 32.2.